The van der Waals surface area contributed by atoms with Gasteiger partial charge >= 0.3 is 0 Å². The summed E-state index contributed by atoms with van der Waals surface area (Å²) < 4.78 is 2.29. The van der Waals surface area contributed by atoms with Gasteiger partial charge in [-0.3, -0.25) is 4.79 Å². The third-order valence-corrected chi connectivity index (χ3v) is 5.57. The Labute approximate surface area is 146 Å². The highest BCUT2D eigenvalue weighted by Gasteiger charge is 2.37. The maximum atomic E-state index is 12.5. The van der Waals surface area contributed by atoms with Crippen molar-refractivity contribution >= 4 is 23.4 Å². The van der Waals surface area contributed by atoms with Crippen LogP contribution < -0.4 is 5.32 Å². The van der Waals surface area contributed by atoms with E-state index >= 15 is 0 Å². The minimum absolute atomic E-state index is 0.00201. The molecule has 0 bridgehead atoms. The number of carbonyl (C=O) groups is 1. The zero-order valence-corrected chi connectivity index (χ0v) is 14.8. The second-order valence-electron chi connectivity index (χ2n) is 6.83. The van der Waals surface area contributed by atoms with Crippen LogP contribution in [0.2, 0.25) is 0 Å². The Morgan fingerprint density at radius 2 is 1.92 bits per heavy atom. The molecule has 0 aliphatic heterocycles. The van der Waals surface area contributed by atoms with Crippen molar-refractivity contribution in [2.24, 2.45) is 0 Å². The molecule has 2 aromatic rings. The van der Waals surface area contributed by atoms with Crippen LogP contribution >= 0.6 is 11.8 Å². The lowest BCUT2D eigenvalue weighted by Crippen LogP contribution is -2.23. The molecular weight excluding hydrogens is 320 g/mol. The van der Waals surface area contributed by atoms with Crippen LogP contribution in [0.15, 0.2) is 29.4 Å². The Bertz CT molecular complexity index is 747. The van der Waals surface area contributed by atoms with Crippen molar-refractivity contribution < 1.29 is 4.79 Å². The number of benzene rings is 1. The molecule has 24 heavy (non-hydrogen) atoms. The van der Waals surface area contributed by atoms with Gasteiger partial charge in [0.15, 0.2) is 5.16 Å². The fourth-order valence-corrected chi connectivity index (χ4v) is 3.68. The standard InChI is InChI=1S/C18H22N4OS/c1-11-3-7-14(8-4-11)19-17(23)12(2)24-18-21-20-16(13-5-6-13)22(18)15-9-10-15/h3-4,7-8,12-13,15H,5-6,9-10H2,1-2H3,(H,19,23)/t12-/m0/s1. The zero-order chi connectivity index (χ0) is 16.7. The normalized spacial score (nSPS) is 18.4. The van der Waals surface area contributed by atoms with E-state index in [1.807, 2.05) is 38.1 Å². The molecule has 1 aromatic heterocycles. The summed E-state index contributed by atoms with van der Waals surface area (Å²) >= 11 is 1.51. The van der Waals surface area contributed by atoms with Gasteiger partial charge in [0.25, 0.3) is 0 Å². The summed E-state index contributed by atoms with van der Waals surface area (Å²) in [6, 6.07) is 8.41. The first kappa shape index (κ1) is 15.7. The van der Waals surface area contributed by atoms with Crippen LogP contribution in [0.5, 0.6) is 0 Å². The molecule has 0 spiro atoms. The minimum Gasteiger partial charge on any atom is -0.325 e. The lowest BCUT2D eigenvalue weighted by molar-refractivity contribution is -0.115. The molecule has 0 saturated heterocycles. The molecule has 5 nitrogen and oxygen atoms in total. The van der Waals surface area contributed by atoms with E-state index in [4.69, 9.17) is 0 Å². The summed E-state index contributed by atoms with van der Waals surface area (Å²) in [5.41, 5.74) is 2.01. The van der Waals surface area contributed by atoms with Crippen LogP contribution in [0.1, 0.15) is 56.0 Å². The molecular formula is C18H22N4OS. The second kappa shape index (κ2) is 6.24. The first-order chi connectivity index (χ1) is 11.6. The summed E-state index contributed by atoms with van der Waals surface area (Å²) in [5, 5.41) is 12.4. The van der Waals surface area contributed by atoms with Crippen LogP contribution in [0.25, 0.3) is 0 Å². The molecule has 126 valence electrons. The summed E-state index contributed by atoms with van der Waals surface area (Å²) in [6.45, 7) is 3.96. The molecule has 0 radical (unpaired) electrons. The third kappa shape index (κ3) is 3.34. The highest BCUT2D eigenvalue weighted by molar-refractivity contribution is 8.00. The van der Waals surface area contributed by atoms with Crippen molar-refractivity contribution in [3.63, 3.8) is 0 Å². The van der Waals surface area contributed by atoms with E-state index in [1.54, 1.807) is 0 Å². The van der Waals surface area contributed by atoms with Crippen molar-refractivity contribution in [1.82, 2.24) is 14.8 Å². The Hall–Kier alpha value is -1.82. The fourth-order valence-electron chi connectivity index (χ4n) is 2.76. The van der Waals surface area contributed by atoms with Gasteiger partial charge in [0.1, 0.15) is 5.82 Å². The van der Waals surface area contributed by atoms with Crippen molar-refractivity contribution in [2.45, 2.75) is 61.9 Å². The fraction of sp³-hybridized carbons (Fsp3) is 0.500. The van der Waals surface area contributed by atoms with Crippen LogP contribution in [-0.2, 0) is 4.79 Å². The molecule has 1 aromatic carbocycles. The first-order valence-corrected chi connectivity index (χ1v) is 9.49. The lowest BCUT2D eigenvalue weighted by Gasteiger charge is -2.13. The van der Waals surface area contributed by atoms with E-state index in [0.717, 1.165) is 16.7 Å². The summed E-state index contributed by atoms with van der Waals surface area (Å²) in [6.07, 6.45) is 4.85. The lowest BCUT2D eigenvalue weighted by atomic mass is 10.2. The van der Waals surface area contributed by atoms with E-state index in [1.165, 1.54) is 43.0 Å². The molecule has 1 atom stereocenters. The number of amides is 1. The number of rotatable bonds is 6. The number of hydrogen-bond donors (Lipinski definition) is 1. The molecule has 6 heteroatoms. The smallest absolute Gasteiger partial charge is 0.237 e. The quantitative estimate of drug-likeness (QED) is 0.808. The zero-order valence-electron chi connectivity index (χ0n) is 14.0. The average Bonchev–Trinajstić information content (AvgIpc) is 3.49. The SMILES string of the molecule is Cc1ccc(NC(=O)[C@H](C)Sc2nnc(C3CC3)n2C2CC2)cc1. The van der Waals surface area contributed by atoms with Crippen molar-refractivity contribution in [3.05, 3.63) is 35.7 Å². The van der Waals surface area contributed by atoms with Crippen LogP contribution in [0.4, 0.5) is 5.69 Å². The first-order valence-electron chi connectivity index (χ1n) is 8.61. The monoisotopic (exact) mass is 342 g/mol. The number of carbonyl (C=O) groups excluding carboxylic acids is 1. The summed E-state index contributed by atoms with van der Waals surface area (Å²) in [7, 11) is 0. The van der Waals surface area contributed by atoms with E-state index in [9.17, 15) is 4.79 Å². The van der Waals surface area contributed by atoms with Gasteiger partial charge in [-0.25, -0.2) is 0 Å². The van der Waals surface area contributed by atoms with Gasteiger partial charge in [0.2, 0.25) is 5.91 Å². The molecule has 2 saturated carbocycles. The summed E-state index contributed by atoms with van der Waals surface area (Å²) in [4.78, 5) is 12.5. The largest absolute Gasteiger partial charge is 0.325 e. The van der Waals surface area contributed by atoms with Crippen LogP contribution in [0.3, 0.4) is 0 Å². The maximum absolute atomic E-state index is 12.5. The van der Waals surface area contributed by atoms with Gasteiger partial charge in [0, 0.05) is 17.6 Å². The number of nitrogens with zero attached hydrogens (tertiary/aromatic N) is 3. The van der Waals surface area contributed by atoms with Gasteiger partial charge in [-0.05, 0) is 51.7 Å². The minimum atomic E-state index is -0.208. The van der Waals surface area contributed by atoms with Crippen LogP contribution in [-0.4, -0.2) is 25.9 Å². The number of anilines is 1. The van der Waals surface area contributed by atoms with Gasteiger partial charge in [0.05, 0.1) is 5.25 Å². The molecule has 2 fully saturated rings. The Morgan fingerprint density at radius 1 is 1.21 bits per heavy atom. The predicted molar refractivity (Wildman–Crippen MR) is 95.4 cm³/mol. The maximum Gasteiger partial charge on any atom is 0.237 e. The van der Waals surface area contributed by atoms with Crippen molar-refractivity contribution in [2.75, 3.05) is 5.32 Å². The van der Waals surface area contributed by atoms with E-state index in [2.05, 4.69) is 20.1 Å². The van der Waals surface area contributed by atoms with E-state index in [0.29, 0.717) is 12.0 Å². The van der Waals surface area contributed by atoms with Crippen molar-refractivity contribution in [1.29, 1.82) is 0 Å². The highest BCUT2D eigenvalue weighted by Crippen LogP contribution is 2.46. The highest BCUT2D eigenvalue weighted by atomic mass is 32.2. The Balaban J connectivity index is 1.44. The third-order valence-electron chi connectivity index (χ3n) is 4.52. The Kier molecular flexibility index (Phi) is 4.08. The second-order valence-corrected chi connectivity index (χ2v) is 8.14. The topological polar surface area (TPSA) is 59.8 Å². The van der Waals surface area contributed by atoms with Crippen LogP contribution in [0, 0.1) is 6.92 Å². The van der Waals surface area contributed by atoms with Gasteiger partial charge in [-0.15, -0.1) is 10.2 Å². The van der Waals surface area contributed by atoms with E-state index in [-0.39, 0.29) is 11.2 Å². The van der Waals surface area contributed by atoms with Gasteiger partial charge in [-0.2, -0.15) is 0 Å². The summed E-state index contributed by atoms with van der Waals surface area (Å²) in [5.74, 6) is 1.72. The number of aromatic nitrogens is 3. The molecule has 1 amide bonds. The van der Waals surface area contributed by atoms with Crippen molar-refractivity contribution in [3.8, 4) is 0 Å². The predicted octanol–water partition coefficient (Wildman–Crippen LogP) is 3.92. The number of nitrogens with one attached hydrogen (secondary N) is 1. The number of aryl methyl sites for hydroxylation is 1. The molecule has 1 heterocycles. The molecule has 2 aliphatic carbocycles. The number of thioether (sulfide) groups is 1. The molecule has 4 rings (SSSR count). The Morgan fingerprint density at radius 3 is 2.54 bits per heavy atom. The average molecular weight is 342 g/mol. The van der Waals surface area contributed by atoms with Gasteiger partial charge < -0.3 is 9.88 Å². The molecule has 2 aliphatic rings. The van der Waals surface area contributed by atoms with E-state index < -0.39 is 0 Å². The molecule has 1 N–H and O–H groups in total. The van der Waals surface area contributed by atoms with Gasteiger partial charge in [-0.1, -0.05) is 29.5 Å². The molecule has 0 unspecified atom stereocenters. The number of hydrogen-bond acceptors (Lipinski definition) is 4.